The Morgan fingerprint density at radius 2 is 1.53 bits per heavy atom. The maximum Gasteiger partial charge on any atom is 0.394 e. The average Bonchev–Trinajstić information content (AvgIpc) is 2.03. The fourth-order valence-electron chi connectivity index (χ4n) is 0.830. The van der Waals surface area contributed by atoms with E-state index in [1.54, 1.807) is 0 Å². The lowest BCUT2D eigenvalue weighted by atomic mass is 10.6. The molecule has 7 nitrogen and oxygen atoms in total. The van der Waals surface area contributed by atoms with E-state index in [2.05, 4.69) is 18.4 Å². The van der Waals surface area contributed by atoms with Crippen LogP contribution in [-0.2, 0) is 10.4 Å². The Balaban J connectivity index is 0. The Bertz CT molecular complexity index is 283. The second-order valence-electron chi connectivity index (χ2n) is 2.87. The Morgan fingerprint density at radius 3 is 1.60 bits per heavy atom. The fourth-order valence-corrected chi connectivity index (χ4v) is 0.830. The molecule has 0 fully saturated rings. The molecule has 0 atom stereocenters. The van der Waals surface area contributed by atoms with Gasteiger partial charge < -0.3 is 0 Å². The smallest absolute Gasteiger partial charge is 0.291 e. The zero-order valence-corrected chi connectivity index (χ0v) is 10.3. The summed E-state index contributed by atoms with van der Waals surface area (Å²) in [5.41, 5.74) is 5.75. The summed E-state index contributed by atoms with van der Waals surface area (Å²) in [6.07, 6.45) is 0. The van der Waals surface area contributed by atoms with Crippen LogP contribution in [0.15, 0.2) is 0 Å². The van der Waals surface area contributed by atoms with Gasteiger partial charge in [0.15, 0.2) is 0 Å². The monoisotopic (exact) mass is 242 g/mol. The van der Waals surface area contributed by atoms with Crippen LogP contribution >= 0.6 is 0 Å². The molecule has 0 aromatic heterocycles. The van der Waals surface area contributed by atoms with Gasteiger partial charge in [0.1, 0.15) is 0 Å². The molecular weight excluding hydrogens is 222 g/mol. The third-order valence-electron chi connectivity index (χ3n) is 1.55. The predicted octanol–water partition coefficient (Wildman–Crippen LogP) is -0.738. The highest BCUT2D eigenvalue weighted by atomic mass is 32.3. The van der Waals surface area contributed by atoms with Crippen LogP contribution in [0.3, 0.4) is 0 Å². The lowest BCUT2D eigenvalue weighted by Crippen LogP contribution is -2.39. The molecule has 0 aromatic carbocycles. The van der Waals surface area contributed by atoms with Crippen molar-refractivity contribution >= 4 is 16.4 Å². The number of nitrogens with two attached hydrogens (primary N) is 1. The molecule has 0 saturated heterocycles. The molecule has 0 amide bonds. The minimum absolute atomic E-state index is 0.838. The van der Waals surface area contributed by atoms with E-state index in [4.69, 9.17) is 23.3 Å². The maximum absolute atomic E-state index is 8.74. The first-order chi connectivity index (χ1) is 6.63. The highest BCUT2D eigenvalue weighted by Crippen LogP contribution is 1.78. The number of nitrogens with zero attached hydrogens (tertiary/aromatic N) is 2. The van der Waals surface area contributed by atoms with E-state index in [-0.39, 0.29) is 0 Å². The van der Waals surface area contributed by atoms with Crippen LogP contribution < -0.4 is 5.73 Å². The van der Waals surface area contributed by atoms with Crippen LogP contribution in [0.25, 0.3) is 0 Å². The van der Waals surface area contributed by atoms with Crippen molar-refractivity contribution in [3.8, 4) is 0 Å². The SMILES string of the molecule is CC[N+](CC)=C(N)N(C)C.O=S(=O)(O)O. The van der Waals surface area contributed by atoms with Crippen LogP contribution in [-0.4, -0.2) is 60.1 Å². The molecule has 0 aliphatic rings. The van der Waals surface area contributed by atoms with Gasteiger partial charge in [0.05, 0.1) is 27.2 Å². The van der Waals surface area contributed by atoms with Crippen LogP contribution in [0.4, 0.5) is 0 Å². The molecule has 0 aliphatic carbocycles. The second-order valence-corrected chi connectivity index (χ2v) is 3.77. The van der Waals surface area contributed by atoms with Crippen LogP contribution in [0.2, 0.25) is 0 Å². The molecule has 92 valence electrons. The van der Waals surface area contributed by atoms with Crippen LogP contribution in [0, 0.1) is 0 Å². The summed E-state index contributed by atoms with van der Waals surface area (Å²) >= 11 is 0. The van der Waals surface area contributed by atoms with Gasteiger partial charge in [0.2, 0.25) is 0 Å². The van der Waals surface area contributed by atoms with Crippen molar-refractivity contribution in [2.45, 2.75) is 13.8 Å². The van der Waals surface area contributed by atoms with Gasteiger partial charge in [-0.05, 0) is 13.8 Å². The highest BCUT2D eigenvalue weighted by molar-refractivity contribution is 7.79. The molecule has 0 bridgehead atoms. The van der Waals surface area contributed by atoms with Crippen molar-refractivity contribution in [2.75, 3.05) is 27.2 Å². The zero-order chi connectivity index (χ0) is 12.6. The molecule has 0 radical (unpaired) electrons. The minimum atomic E-state index is -4.67. The quantitative estimate of drug-likeness (QED) is 0.255. The fraction of sp³-hybridized carbons (Fsp3) is 0.857. The van der Waals surface area contributed by atoms with Crippen molar-refractivity contribution in [3.05, 3.63) is 0 Å². The average molecular weight is 242 g/mol. The second kappa shape index (κ2) is 7.43. The molecular formula is C7H20N3O4S+. The molecule has 0 aliphatic heterocycles. The Kier molecular flexibility index (Phi) is 8.21. The third-order valence-corrected chi connectivity index (χ3v) is 1.55. The molecule has 4 N–H and O–H groups in total. The lowest BCUT2D eigenvalue weighted by molar-refractivity contribution is -0.526. The number of rotatable bonds is 2. The first-order valence-electron chi connectivity index (χ1n) is 4.38. The van der Waals surface area contributed by atoms with Crippen molar-refractivity contribution in [2.24, 2.45) is 5.73 Å². The summed E-state index contributed by atoms with van der Waals surface area (Å²) < 4.78 is 33.7. The molecule has 0 unspecified atom stereocenters. The summed E-state index contributed by atoms with van der Waals surface area (Å²) in [4.78, 5) is 1.92. The van der Waals surface area contributed by atoms with E-state index in [0.717, 1.165) is 19.0 Å². The van der Waals surface area contributed by atoms with Crippen molar-refractivity contribution in [1.82, 2.24) is 4.90 Å². The number of guanidine groups is 1. The summed E-state index contributed by atoms with van der Waals surface area (Å²) in [5.74, 6) is 0.838. The van der Waals surface area contributed by atoms with E-state index in [0.29, 0.717) is 0 Å². The van der Waals surface area contributed by atoms with Gasteiger partial charge in [-0.1, -0.05) is 0 Å². The summed E-state index contributed by atoms with van der Waals surface area (Å²) in [6.45, 7) is 6.14. The normalized spacial score (nSPS) is 10.0. The topological polar surface area (TPSA) is 107 Å². The number of hydrogen-bond donors (Lipinski definition) is 3. The van der Waals surface area contributed by atoms with Gasteiger partial charge in [0, 0.05) is 0 Å². The number of hydrogen-bond acceptors (Lipinski definition) is 2. The Labute approximate surface area is 90.8 Å². The molecule has 0 heterocycles. The molecule has 0 saturated carbocycles. The van der Waals surface area contributed by atoms with E-state index >= 15 is 0 Å². The summed E-state index contributed by atoms with van der Waals surface area (Å²) in [6, 6.07) is 0. The first-order valence-corrected chi connectivity index (χ1v) is 5.77. The molecule has 8 heteroatoms. The lowest BCUT2D eigenvalue weighted by Gasteiger charge is -2.10. The van der Waals surface area contributed by atoms with Gasteiger partial charge in [-0.15, -0.1) is 0 Å². The molecule has 0 aromatic rings. The van der Waals surface area contributed by atoms with E-state index in [1.165, 1.54) is 0 Å². The van der Waals surface area contributed by atoms with Gasteiger partial charge >= 0.3 is 16.4 Å². The zero-order valence-electron chi connectivity index (χ0n) is 9.51. The standard InChI is InChI=1S/C7H17N3.H2O4S/c1-5-10(6-2)7(8)9(3)4;1-5(2,3)4/h8H,5-6H2,1-4H3;(H2,1,2,3,4)/p+1. The van der Waals surface area contributed by atoms with Crippen molar-refractivity contribution in [3.63, 3.8) is 0 Å². The highest BCUT2D eigenvalue weighted by Gasteiger charge is 2.05. The molecule has 0 rings (SSSR count). The Hall–Kier alpha value is -0.860. The van der Waals surface area contributed by atoms with E-state index in [1.807, 2.05) is 19.0 Å². The van der Waals surface area contributed by atoms with Crippen LogP contribution in [0.5, 0.6) is 0 Å². The van der Waals surface area contributed by atoms with Gasteiger partial charge in [0.25, 0.3) is 0 Å². The largest absolute Gasteiger partial charge is 0.394 e. The van der Waals surface area contributed by atoms with Crippen LogP contribution in [0.1, 0.15) is 13.8 Å². The maximum atomic E-state index is 8.74. The third kappa shape index (κ3) is 13.1. The van der Waals surface area contributed by atoms with Crippen molar-refractivity contribution in [1.29, 1.82) is 0 Å². The molecule has 15 heavy (non-hydrogen) atoms. The van der Waals surface area contributed by atoms with E-state index in [9.17, 15) is 0 Å². The summed E-state index contributed by atoms with van der Waals surface area (Å²) in [5, 5.41) is 0. The van der Waals surface area contributed by atoms with Gasteiger partial charge in [-0.3, -0.25) is 24.3 Å². The van der Waals surface area contributed by atoms with Crippen molar-refractivity contribution < 1.29 is 22.1 Å². The Morgan fingerprint density at radius 1 is 1.27 bits per heavy atom. The first kappa shape index (κ1) is 16.6. The van der Waals surface area contributed by atoms with Gasteiger partial charge in [-0.2, -0.15) is 8.42 Å². The predicted molar refractivity (Wildman–Crippen MR) is 58.4 cm³/mol. The minimum Gasteiger partial charge on any atom is -0.291 e. The van der Waals surface area contributed by atoms with E-state index < -0.39 is 10.4 Å². The summed E-state index contributed by atoms with van der Waals surface area (Å²) in [7, 11) is -0.763. The molecule has 0 spiro atoms. The van der Waals surface area contributed by atoms with Gasteiger partial charge in [-0.25, -0.2) is 0 Å².